The number of nitrogens with zero attached hydrogens (tertiary/aromatic N) is 1. The third-order valence-corrected chi connectivity index (χ3v) is 5.54. The molecule has 0 aromatic heterocycles. The van der Waals surface area contributed by atoms with Gasteiger partial charge in [0.25, 0.3) is 0 Å². The van der Waals surface area contributed by atoms with Gasteiger partial charge >= 0.3 is 18.1 Å². The monoisotopic (exact) mass is 505 g/mol. The average molecular weight is 506 g/mol. The molecule has 3 aromatic carbocycles. The molecule has 0 heterocycles. The number of amides is 3. The molecule has 0 aliphatic carbocycles. The summed E-state index contributed by atoms with van der Waals surface area (Å²) < 4.78 is 11.2. The van der Waals surface area contributed by atoms with Crippen molar-refractivity contribution in [1.29, 1.82) is 0 Å². The van der Waals surface area contributed by atoms with Gasteiger partial charge in [0.05, 0.1) is 6.10 Å². The molecule has 0 spiro atoms. The van der Waals surface area contributed by atoms with Gasteiger partial charge in [0, 0.05) is 30.5 Å². The number of hydrogen-bond donors (Lipinski definition) is 3. The SMILES string of the molecule is Cc1ccccc1NC(=O)Nc1ccc(N(C)C(=O)OCc2cccc(OC(C)CCC(=O)O)c2)cc1. The fourth-order valence-electron chi connectivity index (χ4n) is 3.44. The van der Waals surface area contributed by atoms with Crippen LogP contribution in [0, 0.1) is 6.92 Å². The van der Waals surface area contributed by atoms with Gasteiger partial charge in [-0.1, -0.05) is 30.3 Å². The number of ether oxygens (including phenoxy) is 2. The largest absolute Gasteiger partial charge is 0.491 e. The summed E-state index contributed by atoms with van der Waals surface area (Å²) in [6.07, 6.45) is -0.377. The van der Waals surface area contributed by atoms with Crippen LogP contribution < -0.4 is 20.3 Å². The second kappa shape index (κ2) is 13.0. The predicted octanol–water partition coefficient (Wildman–Crippen LogP) is 6.04. The van der Waals surface area contributed by atoms with E-state index in [1.165, 1.54) is 4.90 Å². The van der Waals surface area contributed by atoms with E-state index in [1.807, 2.05) is 44.2 Å². The zero-order chi connectivity index (χ0) is 26.8. The molecule has 194 valence electrons. The van der Waals surface area contributed by atoms with E-state index in [9.17, 15) is 14.4 Å². The standard InChI is InChI=1S/C28H31N3O6/c1-19-7-4-5-10-25(19)30-27(34)29-22-12-14-23(15-13-22)31(3)28(35)36-18-21-8-6-9-24(17-21)37-20(2)11-16-26(32)33/h4-10,12-15,17,20H,11,16,18H2,1-3H3,(H,32,33)(H2,29,30,34). The Morgan fingerprint density at radius 2 is 1.70 bits per heavy atom. The van der Waals surface area contributed by atoms with Gasteiger partial charge in [0.2, 0.25) is 0 Å². The molecule has 3 amide bonds. The maximum atomic E-state index is 12.6. The lowest BCUT2D eigenvalue weighted by molar-refractivity contribution is -0.137. The van der Waals surface area contributed by atoms with Crippen LogP contribution in [0.4, 0.5) is 26.7 Å². The highest BCUT2D eigenvalue weighted by molar-refractivity contribution is 6.00. The van der Waals surface area contributed by atoms with Gasteiger partial charge in [-0.3, -0.25) is 9.69 Å². The summed E-state index contributed by atoms with van der Waals surface area (Å²) in [5, 5.41) is 14.4. The summed E-state index contributed by atoms with van der Waals surface area (Å²) in [4.78, 5) is 36.9. The highest BCUT2D eigenvalue weighted by atomic mass is 16.6. The molecule has 1 unspecified atom stereocenters. The lowest BCUT2D eigenvalue weighted by Crippen LogP contribution is -2.27. The normalized spacial score (nSPS) is 11.2. The first-order chi connectivity index (χ1) is 17.7. The molecule has 0 aliphatic rings. The highest BCUT2D eigenvalue weighted by Crippen LogP contribution is 2.20. The molecule has 0 bridgehead atoms. The van der Waals surface area contributed by atoms with Gasteiger partial charge in [0.1, 0.15) is 12.4 Å². The molecular weight excluding hydrogens is 474 g/mol. The van der Waals surface area contributed by atoms with Crippen LogP contribution in [-0.4, -0.2) is 36.4 Å². The third-order valence-electron chi connectivity index (χ3n) is 5.54. The number of benzene rings is 3. The summed E-state index contributed by atoms with van der Waals surface area (Å²) in [6, 6.07) is 21.1. The van der Waals surface area contributed by atoms with Gasteiger partial charge in [-0.15, -0.1) is 0 Å². The molecule has 9 nitrogen and oxygen atoms in total. The Balaban J connectivity index is 1.49. The van der Waals surface area contributed by atoms with Gasteiger partial charge in [-0.2, -0.15) is 0 Å². The predicted molar refractivity (Wildman–Crippen MR) is 142 cm³/mol. The fraction of sp³-hybridized carbons (Fsp3) is 0.250. The maximum Gasteiger partial charge on any atom is 0.414 e. The smallest absolute Gasteiger partial charge is 0.414 e. The van der Waals surface area contributed by atoms with E-state index in [4.69, 9.17) is 14.6 Å². The van der Waals surface area contributed by atoms with Gasteiger partial charge in [-0.05, 0) is 73.9 Å². The van der Waals surface area contributed by atoms with E-state index in [-0.39, 0.29) is 25.2 Å². The van der Waals surface area contributed by atoms with E-state index in [0.29, 0.717) is 23.5 Å². The lowest BCUT2D eigenvalue weighted by atomic mass is 10.2. The number of carbonyl (C=O) groups is 3. The second-order valence-electron chi connectivity index (χ2n) is 8.56. The van der Waals surface area contributed by atoms with Crippen molar-refractivity contribution in [2.45, 2.75) is 39.4 Å². The number of aliphatic carboxylic acids is 1. The molecule has 3 N–H and O–H groups in total. The number of carbonyl (C=O) groups excluding carboxylic acids is 2. The molecule has 0 saturated heterocycles. The Morgan fingerprint density at radius 3 is 2.41 bits per heavy atom. The molecule has 0 saturated carbocycles. The molecule has 37 heavy (non-hydrogen) atoms. The van der Waals surface area contributed by atoms with Crippen molar-refractivity contribution in [2.75, 3.05) is 22.6 Å². The first-order valence-corrected chi connectivity index (χ1v) is 11.8. The zero-order valence-corrected chi connectivity index (χ0v) is 21.1. The Morgan fingerprint density at radius 1 is 0.973 bits per heavy atom. The number of nitrogens with one attached hydrogen (secondary N) is 2. The van der Waals surface area contributed by atoms with Gasteiger partial charge in [-0.25, -0.2) is 9.59 Å². The maximum absolute atomic E-state index is 12.6. The van der Waals surface area contributed by atoms with Crippen molar-refractivity contribution in [2.24, 2.45) is 0 Å². The number of aryl methyl sites for hydroxylation is 1. The summed E-state index contributed by atoms with van der Waals surface area (Å²) in [5.41, 5.74) is 3.59. The van der Waals surface area contributed by atoms with E-state index < -0.39 is 12.1 Å². The molecule has 1 atom stereocenters. The molecule has 0 aliphatic heterocycles. The molecule has 0 fully saturated rings. The number of urea groups is 1. The van der Waals surface area contributed by atoms with Crippen molar-refractivity contribution in [3.63, 3.8) is 0 Å². The van der Waals surface area contributed by atoms with E-state index in [2.05, 4.69) is 10.6 Å². The van der Waals surface area contributed by atoms with Crippen molar-refractivity contribution < 1.29 is 29.0 Å². The van der Waals surface area contributed by atoms with E-state index in [0.717, 1.165) is 16.8 Å². The zero-order valence-electron chi connectivity index (χ0n) is 21.1. The van der Waals surface area contributed by atoms with Crippen LogP contribution in [0.1, 0.15) is 30.9 Å². The van der Waals surface area contributed by atoms with Crippen LogP contribution in [0.2, 0.25) is 0 Å². The Hall–Kier alpha value is -4.53. The van der Waals surface area contributed by atoms with Crippen LogP contribution in [0.5, 0.6) is 5.75 Å². The van der Waals surface area contributed by atoms with Crippen molar-refractivity contribution in [3.05, 3.63) is 83.9 Å². The Kier molecular flexibility index (Phi) is 9.48. The third kappa shape index (κ3) is 8.57. The van der Waals surface area contributed by atoms with Gasteiger partial charge < -0.3 is 25.2 Å². The second-order valence-corrected chi connectivity index (χ2v) is 8.56. The number of para-hydroxylation sites is 1. The van der Waals surface area contributed by atoms with Crippen LogP contribution in [-0.2, 0) is 16.1 Å². The Bertz CT molecular complexity index is 1230. The molecule has 0 radical (unpaired) electrons. The van der Waals surface area contributed by atoms with Crippen LogP contribution in [0.25, 0.3) is 0 Å². The van der Waals surface area contributed by atoms with E-state index >= 15 is 0 Å². The first-order valence-electron chi connectivity index (χ1n) is 11.8. The lowest BCUT2D eigenvalue weighted by Gasteiger charge is -2.18. The van der Waals surface area contributed by atoms with Crippen molar-refractivity contribution in [1.82, 2.24) is 0 Å². The van der Waals surface area contributed by atoms with Crippen molar-refractivity contribution >= 4 is 35.2 Å². The number of carboxylic acid groups (broad SMARTS) is 1. The van der Waals surface area contributed by atoms with Crippen LogP contribution in [0.15, 0.2) is 72.8 Å². The summed E-state index contributed by atoms with van der Waals surface area (Å²) in [7, 11) is 1.60. The summed E-state index contributed by atoms with van der Waals surface area (Å²) in [6.45, 7) is 3.76. The van der Waals surface area contributed by atoms with E-state index in [1.54, 1.807) is 49.5 Å². The van der Waals surface area contributed by atoms with Crippen molar-refractivity contribution in [3.8, 4) is 5.75 Å². The number of carboxylic acids is 1. The fourth-order valence-corrected chi connectivity index (χ4v) is 3.44. The minimum absolute atomic E-state index is 0.0302. The first kappa shape index (κ1) is 27.1. The number of anilines is 3. The number of rotatable bonds is 10. The topological polar surface area (TPSA) is 117 Å². The summed E-state index contributed by atoms with van der Waals surface area (Å²) >= 11 is 0. The molecule has 3 rings (SSSR count). The minimum atomic E-state index is -0.866. The Labute approximate surface area is 216 Å². The van der Waals surface area contributed by atoms with Crippen LogP contribution in [0.3, 0.4) is 0 Å². The molecule has 9 heteroatoms. The highest BCUT2D eigenvalue weighted by Gasteiger charge is 2.14. The minimum Gasteiger partial charge on any atom is -0.491 e. The van der Waals surface area contributed by atoms with Crippen LogP contribution >= 0.6 is 0 Å². The summed E-state index contributed by atoms with van der Waals surface area (Å²) in [5.74, 6) is -0.288. The average Bonchev–Trinajstić information content (AvgIpc) is 2.87. The molecular formula is C28H31N3O6. The molecule has 3 aromatic rings. The quantitative estimate of drug-likeness (QED) is 0.309. The van der Waals surface area contributed by atoms with Gasteiger partial charge in [0.15, 0.2) is 0 Å². The number of hydrogen-bond acceptors (Lipinski definition) is 5.